The molecule has 5 amide bonds. The molecule has 38 heteroatoms. The van der Waals surface area contributed by atoms with Crippen LogP contribution in [0.15, 0.2) is 173 Å². The van der Waals surface area contributed by atoms with Gasteiger partial charge in [-0.25, -0.2) is 66.9 Å². The van der Waals surface area contributed by atoms with Gasteiger partial charge in [-0.3, -0.25) is 50.0 Å². The Morgan fingerprint density at radius 3 is 0.883 bits per heavy atom. The summed E-state index contributed by atoms with van der Waals surface area (Å²) in [5.74, 6) is -13.4. The van der Waals surface area contributed by atoms with Crippen molar-refractivity contribution in [2.75, 3.05) is 26.6 Å². The summed E-state index contributed by atoms with van der Waals surface area (Å²) in [6.07, 6.45) is 0. The Morgan fingerprint density at radius 1 is 0.291 bits per heavy atom. The molecule has 10 aromatic rings. The molecule has 15 N–H and O–H groups in total. The summed E-state index contributed by atoms with van der Waals surface area (Å²) >= 11 is 29.1. The Bertz CT molecular complexity index is 4450. The van der Waals surface area contributed by atoms with E-state index in [-0.39, 0.29) is 55.6 Å². The zero-order valence-corrected chi connectivity index (χ0v) is 66.1. The Morgan fingerprint density at radius 2 is 0.553 bits per heavy atom. The lowest BCUT2D eigenvalue weighted by Crippen LogP contribution is -2.20. The lowest BCUT2D eigenvalue weighted by Gasteiger charge is -2.14. The average Bonchev–Trinajstić information content (AvgIpc) is 0.781. The third-order valence-electron chi connectivity index (χ3n) is 13.0. The number of hydrogen-bond donors (Lipinski definition) is 15. The van der Waals surface area contributed by atoms with Crippen molar-refractivity contribution in [2.45, 2.75) is 0 Å². The summed E-state index contributed by atoms with van der Waals surface area (Å²) in [7, 11) is 0. The summed E-state index contributed by atoms with van der Waals surface area (Å²) in [6.45, 7) is 0. The Kier molecular flexibility index (Phi) is 33.3. The number of anilines is 10. The molecule has 20 nitrogen and oxygen atoms in total. The fraction of sp³-hybridized carbons (Fsp3) is 0. The molecule has 0 heterocycles. The van der Waals surface area contributed by atoms with Crippen LogP contribution in [0.3, 0.4) is 0 Å². The summed E-state index contributed by atoms with van der Waals surface area (Å²) in [4.78, 5) is 57.5. The van der Waals surface area contributed by atoms with E-state index in [2.05, 4.69) is 126 Å². The fourth-order valence-electron chi connectivity index (χ4n) is 8.17. The second-order valence-corrected chi connectivity index (χ2v) is 28.4. The minimum atomic E-state index is -1.35. The van der Waals surface area contributed by atoms with Crippen LogP contribution in [0.5, 0.6) is 0 Å². The molecule has 0 aromatic heterocycles. The fourth-order valence-corrected chi connectivity index (χ4v) is 13.2. The molecule has 538 valence electrons. The maximum absolute atomic E-state index is 13.9. The van der Waals surface area contributed by atoms with Crippen molar-refractivity contribution in [3.8, 4) is 0 Å². The summed E-state index contributed by atoms with van der Waals surface area (Å²) in [5, 5.41) is 57.5. The summed E-state index contributed by atoms with van der Waals surface area (Å²) in [5.41, 5.74) is 7.50. The SMILES string of the molecule is O=C(NO)c1ccc(F)c(F)c1Nc1ccc(I)cc1Br.O=C(NO)c1ccc(F)c(F)c1Nc1ccc(I)cc1Cl.O=C(NO)c1ccc(F)c(F)c1Nc1ccc(I)cc1F.O=C(NO)c1ccc(F)cc1Nc1ccc(I)cc1Br.O=C(NO)c1ccc(F)cc1Nc1ccc(I)cc1Cl. The number of nitrogens with one attached hydrogen (secondary N) is 10. The number of carbonyl (C=O) groups excluding carboxylic acids is 5. The van der Waals surface area contributed by atoms with Gasteiger partial charge < -0.3 is 26.6 Å². The molecule has 0 atom stereocenters. The van der Waals surface area contributed by atoms with E-state index in [1.807, 2.05) is 63.4 Å². The number of carbonyl (C=O) groups is 5. The van der Waals surface area contributed by atoms with Crippen LogP contribution in [0.4, 0.5) is 96.4 Å². The number of hydroxylamine groups is 5. The van der Waals surface area contributed by atoms with Gasteiger partial charge in [-0.1, -0.05) is 23.2 Å². The third-order valence-corrected chi connectivity index (χ3v) is 18.2. The van der Waals surface area contributed by atoms with Gasteiger partial charge in [-0.2, -0.15) is 0 Å². The van der Waals surface area contributed by atoms with Gasteiger partial charge in [0.05, 0.1) is 94.7 Å². The van der Waals surface area contributed by atoms with Crippen LogP contribution in [0, 0.1) is 70.2 Å². The lowest BCUT2D eigenvalue weighted by atomic mass is 10.1. The molecule has 0 bridgehead atoms. The highest BCUT2D eigenvalue weighted by molar-refractivity contribution is 14.1. The van der Waals surface area contributed by atoms with Crippen LogP contribution < -0.4 is 54.0 Å². The topological polar surface area (TPSA) is 307 Å². The molecule has 0 aliphatic carbocycles. The molecular formula is C65H42Br2Cl2F9I5N10O10. The zero-order chi connectivity index (χ0) is 76.1. The zero-order valence-electron chi connectivity index (χ0n) is 50.7. The van der Waals surface area contributed by atoms with Crippen molar-refractivity contribution in [1.82, 2.24) is 27.4 Å². The predicted molar refractivity (Wildman–Crippen MR) is 416 cm³/mol. The van der Waals surface area contributed by atoms with Gasteiger partial charge >= 0.3 is 0 Å². The molecule has 0 saturated heterocycles. The van der Waals surface area contributed by atoms with Gasteiger partial charge in [-0.05, 0) is 309 Å². The van der Waals surface area contributed by atoms with Crippen LogP contribution in [0.1, 0.15) is 51.8 Å². The Balaban J connectivity index is 0.000000202. The van der Waals surface area contributed by atoms with Crippen molar-refractivity contribution in [3.63, 3.8) is 0 Å². The van der Waals surface area contributed by atoms with Gasteiger partial charge in [0.2, 0.25) is 0 Å². The molecule has 0 fully saturated rings. The summed E-state index contributed by atoms with van der Waals surface area (Å²) < 4.78 is 128. The highest BCUT2D eigenvalue weighted by Gasteiger charge is 2.24. The first kappa shape index (κ1) is 84.8. The normalized spacial score (nSPS) is 10.3. The molecular weight excluding hydrogens is 2120 g/mol. The Labute approximate surface area is 671 Å². The molecule has 0 unspecified atom stereocenters. The van der Waals surface area contributed by atoms with Crippen LogP contribution >= 0.6 is 168 Å². The minimum absolute atomic E-state index is 0.100. The molecule has 0 radical (unpaired) electrons. The van der Waals surface area contributed by atoms with Crippen molar-refractivity contribution < 1.29 is 89.5 Å². The highest BCUT2D eigenvalue weighted by Crippen LogP contribution is 2.36. The Hall–Kier alpha value is -7.09. The first-order valence-electron chi connectivity index (χ1n) is 27.7. The second-order valence-electron chi connectivity index (χ2n) is 19.7. The number of rotatable bonds is 15. The van der Waals surface area contributed by atoms with Crippen LogP contribution in [0.2, 0.25) is 10.0 Å². The van der Waals surface area contributed by atoms with Crippen LogP contribution in [-0.2, 0) is 0 Å². The second kappa shape index (κ2) is 40.4. The standard InChI is InChI=1S/C13H8BrF2IN2O2.C13H9BrFIN2O2.C13H8ClF2IN2O2.C13H9ClFIN2O2.C13H8F3IN2O2/c14-8-5-6(17)1-4-10(8)18-12-7(13(20)19-21)2-3-9(15)11(12)16;14-10-6-8(16)2-4-11(10)17-12-5-7(15)1-3-9(12)13(19)18-20;14-8-5-6(17)1-4-10(8)18-12-7(13(20)19-21)2-3-9(15)11(12)16;14-10-6-8(16)2-4-11(10)17-12-5-7(15)1-3-9(12)13(19)18-20;14-8-3-2-7(13(20)19-21)12(11(8)16)18-10-4-1-6(17)5-9(10)15/h1-5,18,21H,(H,19,20);1-6,17,20H,(H,18,19);1-5,18,21H,(H,19,20);1-6,17,20H,(H,18,19);1-5,18,21H,(H,19,20). The number of amides is 5. The first-order valence-corrected chi connectivity index (χ1v) is 35.4. The van der Waals surface area contributed by atoms with E-state index >= 15 is 0 Å². The van der Waals surface area contributed by atoms with Gasteiger partial charge in [0.1, 0.15) is 17.5 Å². The molecule has 103 heavy (non-hydrogen) atoms. The number of halogens is 18. The van der Waals surface area contributed by atoms with Gasteiger partial charge in [-0.15, -0.1) is 0 Å². The van der Waals surface area contributed by atoms with E-state index in [1.54, 1.807) is 60.7 Å². The van der Waals surface area contributed by atoms with Gasteiger partial charge in [0.25, 0.3) is 29.5 Å². The molecule has 0 spiro atoms. The predicted octanol–water partition coefficient (Wildman–Crippen LogP) is 19.9. The van der Waals surface area contributed by atoms with E-state index in [0.29, 0.717) is 35.8 Å². The van der Waals surface area contributed by atoms with E-state index in [9.17, 15) is 63.5 Å². The monoisotopic (exact) mass is 2160 g/mol. The first-order chi connectivity index (χ1) is 48.8. The smallest absolute Gasteiger partial charge is 0.276 e. The lowest BCUT2D eigenvalue weighted by molar-refractivity contribution is 0.0702. The number of benzene rings is 10. The van der Waals surface area contributed by atoms with Crippen molar-refractivity contribution >= 4 is 254 Å². The van der Waals surface area contributed by atoms with Crippen molar-refractivity contribution in [1.29, 1.82) is 0 Å². The minimum Gasteiger partial charge on any atom is -0.354 e. The maximum atomic E-state index is 13.9. The van der Waals surface area contributed by atoms with Crippen LogP contribution in [0.25, 0.3) is 0 Å². The van der Waals surface area contributed by atoms with Gasteiger partial charge in [0.15, 0.2) is 34.9 Å². The largest absolute Gasteiger partial charge is 0.354 e. The molecule has 0 aliphatic rings. The van der Waals surface area contributed by atoms with E-state index in [0.717, 1.165) is 73.4 Å². The van der Waals surface area contributed by atoms with E-state index < -0.39 is 93.3 Å². The van der Waals surface area contributed by atoms with Crippen molar-refractivity contribution in [2.24, 2.45) is 0 Å². The van der Waals surface area contributed by atoms with E-state index in [4.69, 9.17) is 49.2 Å². The average molecular weight is 2160 g/mol. The van der Waals surface area contributed by atoms with Crippen molar-refractivity contribution in [3.05, 3.63) is 281 Å². The summed E-state index contributed by atoms with van der Waals surface area (Å²) in [6, 6.07) is 37.6. The van der Waals surface area contributed by atoms with Crippen LogP contribution in [-0.4, -0.2) is 55.6 Å². The molecule has 0 saturated carbocycles. The maximum Gasteiger partial charge on any atom is 0.276 e. The molecule has 10 rings (SSSR count). The number of hydrogen-bond acceptors (Lipinski definition) is 15. The van der Waals surface area contributed by atoms with E-state index in [1.165, 1.54) is 57.7 Å². The quantitative estimate of drug-likeness (QED) is 0.0196. The molecule has 10 aromatic carbocycles. The highest BCUT2D eigenvalue weighted by atomic mass is 127. The third kappa shape index (κ3) is 24.0. The molecule has 0 aliphatic heterocycles. The van der Waals surface area contributed by atoms with Gasteiger partial charge in [0, 0.05) is 26.8 Å².